The van der Waals surface area contributed by atoms with Gasteiger partial charge in [0.1, 0.15) is 16.5 Å². The number of fused-ring (bicyclic) bond motifs is 1. The highest BCUT2D eigenvalue weighted by atomic mass is 32.2. The third-order valence-electron chi connectivity index (χ3n) is 5.01. The maximum absolute atomic E-state index is 12.7. The summed E-state index contributed by atoms with van der Waals surface area (Å²) in [4.78, 5) is 23.7. The van der Waals surface area contributed by atoms with Gasteiger partial charge in [-0.1, -0.05) is 0 Å². The third-order valence-corrected chi connectivity index (χ3v) is 8.09. The summed E-state index contributed by atoms with van der Waals surface area (Å²) < 4.78 is 22.7. The molecule has 0 saturated carbocycles. The Labute approximate surface area is 157 Å². The smallest absolute Gasteiger partial charge is 0.250 e. The van der Waals surface area contributed by atoms with Gasteiger partial charge in [-0.05, 0) is 31.2 Å². The van der Waals surface area contributed by atoms with Crippen LogP contribution in [-0.2, 0) is 19.3 Å². The van der Waals surface area contributed by atoms with Crippen LogP contribution in [0.25, 0.3) is 10.2 Å². The first-order valence-electron chi connectivity index (χ1n) is 8.72. The zero-order chi connectivity index (χ0) is 18.4. The van der Waals surface area contributed by atoms with Crippen LogP contribution in [0, 0.1) is 6.92 Å². The summed E-state index contributed by atoms with van der Waals surface area (Å²) in [6.07, 6.45) is 1.30. The number of carbonyl (C=O) groups is 1. The molecule has 4 heterocycles. The number of aromatic nitrogens is 2. The van der Waals surface area contributed by atoms with Crippen molar-refractivity contribution in [2.75, 3.05) is 36.1 Å². The van der Waals surface area contributed by atoms with E-state index in [4.69, 9.17) is 4.74 Å². The van der Waals surface area contributed by atoms with Crippen molar-refractivity contribution in [1.82, 2.24) is 9.97 Å². The summed E-state index contributed by atoms with van der Waals surface area (Å²) in [6.45, 7) is 5.37. The maximum Gasteiger partial charge on any atom is 0.250 e. The highest BCUT2D eigenvalue weighted by Crippen LogP contribution is 2.35. The molecule has 140 valence electrons. The maximum atomic E-state index is 12.7. The predicted octanol–water partition coefficient (Wildman–Crippen LogP) is 2.38. The lowest BCUT2D eigenvalue weighted by molar-refractivity contribution is -0.115. The summed E-state index contributed by atoms with van der Waals surface area (Å²) >= 11 is 1.62. The molecule has 0 bridgehead atoms. The van der Waals surface area contributed by atoms with E-state index in [1.165, 1.54) is 6.92 Å². The molecule has 1 spiro atoms. The van der Waals surface area contributed by atoms with Crippen LogP contribution < -0.4 is 4.90 Å². The van der Waals surface area contributed by atoms with E-state index in [9.17, 15) is 9.00 Å². The van der Waals surface area contributed by atoms with Gasteiger partial charge in [-0.25, -0.2) is 14.2 Å². The Kier molecular flexibility index (Phi) is 4.48. The second-order valence-electron chi connectivity index (χ2n) is 6.98. The SMILES string of the molecule is CC(=O)N=S1(=O)CCC2(CC1)CN(c1nc(C)nc3sccc13)CCO2. The summed E-state index contributed by atoms with van der Waals surface area (Å²) in [6, 6.07) is 2.07. The van der Waals surface area contributed by atoms with E-state index in [1.54, 1.807) is 11.3 Å². The molecule has 9 heteroatoms. The monoisotopic (exact) mass is 394 g/mol. The molecule has 0 radical (unpaired) electrons. The fourth-order valence-corrected chi connectivity index (χ4v) is 6.80. The number of rotatable bonds is 1. The van der Waals surface area contributed by atoms with Crippen molar-refractivity contribution in [1.29, 1.82) is 0 Å². The topological polar surface area (TPSA) is 84.8 Å². The van der Waals surface area contributed by atoms with Crippen LogP contribution in [0.3, 0.4) is 0 Å². The van der Waals surface area contributed by atoms with Crippen LogP contribution in [0.4, 0.5) is 5.82 Å². The van der Waals surface area contributed by atoms with Gasteiger partial charge in [0.25, 0.3) is 5.91 Å². The third kappa shape index (κ3) is 3.35. The van der Waals surface area contributed by atoms with E-state index in [2.05, 4.69) is 25.3 Å². The normalized spacial score (nSPS) is 29.2. The van der Waals surface area contributed by atoms with E-state index in [1.807, 2.05) is 12.3 Å². The Morgan fingerprint density at radius 2 is 2.15 bits per heavy atom. The Bertz CT molecular complexity index is 964. The zero-order valence-electron chi connectivity index (χ0n) is 14.9. The van der Waals surface area contributed by atoms with E-state index < -0.39 is 9.73 Å². The van der Waals surface area contributed by atoms with Gasteiger partial charge in [-0.3, -0.25) is 4.79 Å². The lowest BCUT2D eigenvalue weighted by Gasteiger charge is -2.45. The molecule has 0 atom stereocenters. The molecule has 2 saturated heterocycles. The van der Waals surface area contributed by atoms with Gasteiger partial charge in [-0.2, -0.15) is 4.36 Å². The molecule has 2 aromatic rings. The molecule has 1 amide bonds. The standard InChI is InChI=1S/C17H22N4O3S2/c1-12-18-15(14-3-8-25-16(14)19-12)21-6-7-24-17(11-21)4-9-26(23,10-5-17)20-13(2)22/h3,8H,4-7,9-11H2,1-2H3. The minimum atomic E-state index is -2.43. The molecule has 0 aliphatic carbocycles. The van der Waals surface area contributed by atoms with Crippen LogP contribution in [0.5, 0.6) is 0 Å². The first-order chi connectivity index (χ1) is 12.4. The van der Waals surface area contributed by atoms with Gasteiger partial charge >= 0.3 is 0 Å². The van der Waals surface area contributed by atoms with Crippen LogP contribution in [0.1, 0.15) is 25.6 Å². The summed E-state index contributed by atoms with van der Waals surface area (Å²) in [5, 5.41) is 3.11. The van der Waals surface area contributed by atoms with Gasteiger partial charge in [0.05, 0.1) is 27.3 Å². The molecular formula is C17H22N4O3S2. The lowest BCUT2D eigenvalue weighted by Crippen LogP contribution is -2.55. The molecule has 0 aromatic carbocycles. The number of nitrogens with zero attached hydrogens (tertiary/aromatic N) is 4. The van der Waals surface area contributed by atoms with E-state index in [-0.39, 0.29) is 11.5 Å². The van der Waals surface area contributed by atoms with Gasteiger partial charge in [0.2, 0.25) is 0 Å². The highest BCUT2D eigenvalue weighted by molar-refractivity contribution is 7.93. The second-order valence-corrected chi connectivity index (χ2v) is 10.4. The van der Waals surface area contributed by atoms with Crippen LogP contribution in [0.2, 0.25) is 0 Å². The van der Waals surface area contributed by atoms with Crippen molar-refractivity contribution in [3.05, 3.63) is 17.3 Å². The van der Waals surface area contributed by atoms with Gasteiger partial charge in [0, 0.05) is 31.5 Å². The zero-order valence-corrected chi connectivity index (χ0v) is 16.6. The minimum Gasteiger partial charge on any atom is -0.371 e. The van der Waals surface area contributed by atoms with Crippen molar-refractivity contribution < 1.29 is 13.7 Å². The molecular weight excluding hydrogens is 372 g/mol. The average Bonchev–Trinajstić information content (AvgIpc) is 3.05. The average molecular weight is 395 g/mol. The molecule has 2 aromatic heterocycles. The molecule has 2 aliphatic rings. The van der Waals surface area contributed by atoms with E-state index >= 15 is 0 Å². The number of anilines is 1. The first-order valence-corrected chi connectivity index (χ1v) is 11.5. The molecule has 4 rings (SSSR count). The number of carbonyl (C=O) groups excluding carboxylic acids is 1. The van der Waals surface area contributed by atoms with Crippen LogP contribution >= 0.6 is 11.3 Å². The Morgan fingerprint density at radius 1 is 1.38 bits per heavy atom. The predicted molar refractivity (Wildman–Crippen MR) is 103 cm³/mol. The first kappa shape index (κ1) is 17.8. The Morgan fingerprint density at radius 3 is 2.88 bits per heavy atom. The molecule has 2 aliphatic heterocycles. The lowest BCUT2D eigenvalue weighted by atomic mass is 9.94. The number of morpholine rings is 1. The van der Waals surface area contributed by atoms with E-state index in [0.717, 1.165) is 28.4 Å². The van der Waals surface area contributed by atoms with Crippen molar-refractivity contribution in [3.8, 4) is 0 Å². The van der Waals surface area contributed by atoms with Gasteiger partial charge in [-0.15, -0.1) is 11.3 Å². The molecule has 26 heavy (non-hydrogen) atoms. The number of aryl methyl sites for hydroxylation is 1. The fraction of sp³-hybridized carbons (Fsp3) is 0.588. The summed E-state index contributed by atoms with van der Waals surface area (Å²) in [5.74, 6) is 2.20. The second kappa shape index (κ2) is 6.54. The molecule has 2 fully saturated rings. The number of ether oxygens (including phenoxy) is 1. The van der Waals surface area contributed by atoms with Crippen molar-refractivity contribution >= 4 is 43.0 Å². The summed E-state index contributed by atoms with van der Waals surface area (Å²) in [7, 11) is -2.43. The van der Waals surface area contributed by atoms with Gasteiger partial charge < -0.3 is 9.64 Å². The Balaban J connectivity index is 1.60. The molecule has 7 nitrogen and oxygen atoms in total. The number of thiophene rings is 1. The molecule has 0 unspecified atom stereocenters. The summed E-state index contributed by atoms with van der Waals surface area (Å²) in [5.41, 5.74) is -0.341. The van der Waals surface area contributed by atoms with Crippen LogP contribution in [0.15, 0.2) is 15.8 Å². The van der Waals surface area contributed by atoms with Crippen molar-refractivity contribution in [2.45, 2.75) is 32.3 Å². The fourth-order valence-electron chi connectivity index (χ4n) is 3.76. The van der Waals surface area contributed by atoms with Crippen molar-refractivity contribution in [2.24, 2.45) is 4.36 Å². The Hall–Kier alpha value is -1.58. The number of amides is 1. The highest BCUT2D eigenvalue weighted by Gasteiger charge is 2.42. The van der Waals surface area contributed by atoms with Crippen molar-refractivity contribution in [3.63, 3.8) is 0 Å². The largest absolute Gasteiger partial charge is 0.371 e. The number of hydrogen-bond donors (Lipinski definition) is 0. The molecule has 0 N–H and O–H groups in total. The van der Waals surface area contributed by atoms with Crippen LogP contribution in [-0.4, -0.2) is 56.9 Å². The van der Waals surface area contributed by atoms with Gasteiger partial charge in [0.15, 0.2) is 0 Å². The van der Waals surface area contributed by atoms with E-state index in [0.29, 0.717) is 37.5 Å². The minimum absolute atomic E-state index is 0.341. The number of hydrogen-bond acceptors (Lipinski definition) is 7. The quantitative estimate of drug-likeness (QED) is 0.738.